The summed E-state index contributed by atoms with van der Waals surface area (Å²) in [5.74, 6) is 0.0864. The minimum absolute atomic E-state index is 0.0935. The van der Waals surface area contributed by atoms with E-state index in [0.29, 0.717) is 25.0 Å². The van der Waals surface area contributed by atoms with Crippen LogP contribution in [0, 0.1) is 5.82 Å². The summed E-state index contributed by atoms with van der Waals surface area (Å²) in [6.45, 7) is 5.84. The summed E-state index contributed by atoms with van der Waals surface area (Å²) < 4.78 is 28.0. The third kappa shape index (κ3) is 4.20. The molecule has 0 spiro atoms. The van der Waals surface area contributed by atoms with Crippen LogP contribution in [0.25, 0.3) is 0 Å². The van der Waals surface area contributed by atoms with Gasteiger partial charge in [-0.3, -0.25) is 0 Å². The molecule has 1 aliphatic carbocycles. The molecule has 122 valence electrons. The van der Waals surface area contributed by atoms with Gasteiger partial charge in [0.05, 0.1) is 0 Å². The molecule has 1 aromatic carbocycles. The Labute approximate surface area is 134 Å². The Hall–Kier alpha value is -1.14. The minimum atomic E-state index is -1.54. The van der Waals surface area contributed by atoms with E-state index in [2.05, 4.69) is 4.99 Å². The lowest BCUT2D eigenvalue weighted by Crippen LogP contribution is -2.34. The molecular weight excluding hydrogens is 304 g/mol. The molecule has 0 atom stereocenters. The zero-order valence-electron chi connectivity index (χ0n) is 13.2. The summed E-state index contributed by atoms with van der Waals surface area (Å²) in [5, 5.41) is 0. The number of aryl methyl sites for hydroxylation is 1. The Morgan fingerprint density at radius 1 is 1.41 bits per heavy atom. The predicted octanol–water partition coefficient (Wildman–Crippen LogP) is 3.71. The molecule has 1 saturated carbocycles. The fraction of sp³-hybridized carbons (Fsp3) is 0.562. The third-order valence-corrected chi connectivity index (χ3v) is 5.08. The van der Waals surface area contributed by atoms with Crippen LogP contribution >= 0.6 is 11.8 Å². The number of aliphatic imine (C=N–C) groups is 1. The first kappa shape index (κ1) is 17.2. The number of hydrogen-bond acceptors (Lipinski definition) is 3. The zero-order valence-corrected chi connectivity index (χ0v) is 14.1. The molecule has 6 heteroatoms. The van der Waals surface area contributed by atoms with Crippen LogP contribution in [0.4, 0.5) is 14.5 Å². The average Bonchev–Trinajstić information content (AvgIpc) is 3.17. The van der Waals surface area contributed by atoms with Crippen molar-refractivity contribution in [2.45, 2.75) is 56.1 Å². The molecule has 0 bridgehead atoms. The fourth-order valence-electron chi connectivity index (χ4n) is 1.94. The van der Waals surface area contributed by atoms with Crippen molar-refractivity contribution < 1.29 is 8.78 Å². The van der Waals surface area contributed by atoms with E-state index >= 15 is 0 Å². The van der Waals surface area contributed by atoms with Crippen LogP contribution < -0.4 is 11.5 Å². The molecule has 3 nitrogen and oxygen atoms in total. The van der Waals surface area contributed by atoms with Crippen LogP contribution in [0.5, 0.6) is 0 Å². The van der Waals surface area contributed by atoms with Crippen LogP contribution in [0.3, 0.4) is 0 Å². The molecule has 22 heavy (non-hydrogen) atoms. The van der Waals surface area contributed by atoms with E-state index in [-0.39, 0.29) is 17.1 Å². The Bertz CT molecular complexity index is 590. The Morgan fingerprint density at radius 3 is 2.55 bits per heavy atom. The third-order valence-electron chi connectivity index (χ3n) is 3.50. The Balaban J connectivity index is 2.31. The van der Waals surface area contributed by atoms with Gasteiger partial charge in [0.2, 0.25) is 0 Å². The van der Waals surface area contributed by atoms with Crippen molar-refractivity contribution in [3.8, 4) is 0 Å². The van der Waals surface area contributed by atoms with Gasteiger partial charge in [0, 0.05) is 16.2 Å². The molecule has 0 aromatic heterocycles. The predicted molar refractivity (Wildman–Crippen MR) is 89.1 cm³/mol. The summed E-state index contributed by atoms with van der Waals surface area (Å²) in [6.07, 6.45) is 1.43. The first-order valence-electron chi connectivity index (χ1n) is 7.42. The van der Waals surface area contributed by atoms with Crippen molar-refractivity contribution in [3.63, 3.8) is 0 Å². The van der Waals surface area contributed by atoms with E-state index < -0.39 is 11.5 Å². The van der Waals surface area contributed by atoms with Crippen LogP contribution in [0.15, 0.2) is 22.0 Å². The molecule has 0 amide bonds. The molecule has 1 fully saturated rings. The average molecular weight is 327 g/mol. The smallest absolute Gasteiger partial charge is 0.167 e. The number of thioether (sulfide) groups is 1. The van der Waals surface area contributed by atoms with Gasteiger partial charge in [0.15, 0.2) is 5.67 Å². The second-order valence-electron chi connectivity index (χ2n) is 6.50. The van der Waals surface area contributed by atoms with Crippen molar-refractivity contribution in [1.29, 1.82) is 0 Å². The lowest BCUT2D eigenvalue weighted by atomic mass is 10.1. The second-order valence-corrected chi connectivity index (χ2v) is 7.52. The standard InChI is InChI=1S/C16H23F2N3S/c1-4-10-7-11(17)12(21-14(19)16(18)5-6-16)8-13(10)22-9-15(2,3)20/h7-8H,4-6,9,20H2,1-3H3,(H2,19,21). The summed E-state index contributed by atoms with van der Waals surface area (Å²) in [5.41, 5.74) is 10.8. The van der Waals surface area contributed by atoms with Crippen molar-refractivity contribution in [1.82, 2.24) is 0 Å². The number of rotatable bonds is 6. The van der Waals surface area contributed by atoms with Gasteiger partial charge in [0.1, 0.15) is 17.3 Å². The first-order chi connectivity index (χ1) is 10.1. The summed E-state index contributed by atoms with van der Waals surface area (Å²) >= 11 is 1.56. The number of alkyl halides is 1. The van der Waals surface area contributed by atoms with E-state index in [1.807, 2.05) is 20.8 Å². The van der Waals surface area contributed by atoms with Crippen LogP contribution in [0.1, 0.15) is 39.2 Å². The van der Waals surface area contributed by atoms with Crippen molar-refractivity contribution >= 4 is 23.3 Å². The van der Waals surface area contributed by atoms with E-state index in [4.69, 9.17) is 11.5 Å². The van der Waals surface area contributed by atoms with Gasteiger partial charge in [-0.15, -0.1) is 11.8 Å². The summed E-state index contributed by atoms with van der Waals surface area (Å²) in [6, 6.07) is 3.10. The summed E-state index contributed by atoms with van der Waals surface area (Å²) in [4.78, 5) is 4.89. The maximum absolute atomic E-state index is 14.1. The maximum atomic E-state index is 14.1. The molecule has 0 radical (unpaired) electrons. The number of nitrogens with zero attached hydrogens (tertiary/aromatic N) is 1. The van der Waals surface area contributed by atoms with Gasteiger partial charge >= 0.3 is 0 Å². The number of halogens is 2. The van der Waals surface area contributed by atoms with Gasteiger partial charge in [0.25, 0.3) is 0 Å². The number of hydrogen-bond donors (Lipinski definition) is 2. The molecule has 0 unspecified atom stereocenters. The fourth-order valence-corrected chi connectivity index (χ4v) is 3.05. The SMILES string of the molecule is CCc1cc(F)c(N=C(N)C2(F)CC2)cc1SCC(C)(C)N. The van der Waals surface area contributed by atoms with Crippen LogP contribution in [-0.2, 0) is 6.42 Å². The summed E-state index contributed by atoms with van der Waals surface area (Å²) in [7, 11) is 0. The quantitative estimate of drug-likeness (QED) is 0.475. The molecule has 1 aliphatic rings. The molecular formula is C16H23F2N3S. The van der Waals surface area contributed by atoms with E-state index in [0.717, 1.165) is 10.5 Å². The van der Waals surface area contributed by atoms with Crippen molar-refractivity contribution in [2.24, 2.45) is 16.5 Å². The number of benzene rings is 1. The van der Waals surface area contributed by atoms with Crippen LogP contribution in [-0.4, -0.2) is 22.8 Å². The largest absolute Gasteiger partial charge is 0.384 e. The molecule has 0 heterocycles. The molecule has 1 aromatic rings. The van der Waals surface area contributed by atoms with Crippen molar-refractivity contribution in [2.75, 3.05) is 5.75 Å². The maximum Gasteiger partial charge on any atom is 0.167 e. The topological polar surface area (TPSA) is 64.4 Å². The highest BCUT2D eigenvalue weighted by Gasteiger charge is 2.47. The minimum Gasteiger partial charge on any atom is -0.384 e. The zero-order chi connectivity index (χ0) is 16.5. The van der Waals surface area contributed by atoms with E-state index in [1.165, 1.54) is 6.07 Å². The van der Waals surface area contributed by atoms with E-state index in [1.54, 1.807) is 17.8 Å². The number of amidine groups is 1. The highest BCUT2D eigenvalue weighted by Crippen LogP contribution is 2.41. The molecule has 0 saturated heterocycles. The Kier molecular flexibility index (Phi) is 4.82. The van der Waals surface area contributed by atoms with Crippen LogP contribution in [0.2, 0.25) is 0 Å². The molecule has 0 aliphatic heterocycles. The lowest BCUT2D eigenvalue weighted by Gasteiger charge is -2.19. The second kappa shape index (κ2) is 6.16. The van der Waals surface area contributed by atoms with E-state index in [9.17, 15) is 8.78 Å². The first-order valence-corrected chi connectivity index (χ1v) is 8.41. The number of nitrogens with two attached hydrogens (primary N) is 2. The van der Waals surface area contributed by atoms with Gasteiger partial charge < -0.3 is 11.5 Å². The normalized spacial score (nSPS) is 17.6. The van der Waals surface area contributed by atoms with Gasteiger partial charge in [-0.05, 0) is 50.8 Å². The highest BCUT2D eigenvalue weighted by molar-refractivity contribution is 7.99. The Morgan fingerprint density at radius 2 is 2.05 bits per heavy atom. The molecule has 2 rings (SSSR count). The highest BCUT2D eigenvalue weighted by atomic mass is 32.2. The van der Waals surface area contributed by atoms with Gasteiger partial charge in [-0.2, -0.15) is 0 Å². The van der Waals surface area contributed by atoms with Crippen molar-refractivity contribution in [3.05, 3.63) is 23.5 Å². The lowest BCUT2D eigenvalue weighted by molar-refractivity contribution is 0.403. The molecule has 4 N–H and O–H groups in total. The van der Waals surface area contributed by atoms with Gasteiger partial charge in [-0.25, -0.2) is 13.8 Å². The van der Waals surface area contributed by atoms with Gasteiger partial charge in [-0.1, -0.05) is 6.92 Å². The monoisotopic (exact) mass is 327 g/mol.